The first-order chi connectivity index (χ1) is 15.3. The summed E-state index contributed by atoms with van der Waals surface area (Å²) in [6.07, 6.45) is 0.843. The second-order valence-electron chi connectivity index (χ2n) is 7.24. The number of hydrogen-bond donors (Lipinski definition) is 2. The van der Waals surface area contributed by atoms with E-state index in [0.717, 1.165) is 18.2 Å². The fourth-order valence-corrected chi connectivity index (χ4v) is 2.75. The predicted molar refractivity (Wildman–Crippen MR) is 107 cm³/mol. The number of rotatable bonds is 12. The molecule has 0 atom stereocenters. The molecular formula is C22H22F6O5. The fraction of sp³-hybridized carbons (Fsp3) is 0.409. The Morgan fingerprint density at radius 3 is 2.12 bits per heavy atom. The van der Waals surface area contributed by atoms with Gasteiger partial charge in [0, 0.05) is 6.61 Å². The number of aromatic carboxylic acids is 1. The molecule has 11 heteroatoms. The second-order valence-corrected chi connectivity index (χ2v) is 7.24. The van der Waals surface area contributed by atoms with E-state index in [2.05, 4.69) is 9.47 Å². The van der Waals surface area contributed by atoms with Gasteiger partial charge in [-0.05, 0) is 47.9 Å². The molecule has 0 fully saturated rings. The van der Waals surface area contributed by atoms with Gasteiger partial charge in [0.1, 0.15) is 18.1 Å². The lowest BCUT2D eigenvalue weighted by Crippen LogP contribution is -2.58. The highest BCUT2D eigenvalue weighted by molar-refractivity contribution is 5.96. The highest BCUT2D eigenvalue weighted by Crippen LogP contribution is 2.46. The molecule has 0 heterocycles. The smallest absolute Gasteiger partial charge is 0.377 e. The molecule has 0 aliphatic carbocycles. The van der Waals surface area contributed by atoms with Crippen LogP contribution in [0.25, 0.3) is 11.1 Å². The first-order valence-corrected chi connectivity index (χ1v) is 9.83. The number of phenolic OH excluding ortho intramolecular Hbond substituents is 1. The van der Waals surface area contributed by atoms with Crippen molar-refractivity contribution in [3.8, 4) is 22.6 Å². The Morgan fingerprint density at radius 2 is 1.55 bits per heavy atom. The van der Waals surface area contributed by atoms with Gasteiger partial charge in [-0.15, -0.1) is 0 Å². The van der Waals surface area contributed by atoms with E-state index in [1.54, 1.807) is 6.92 Å². The van der Waals surface area contributed by atoms with Crippen LogP contribution in [0.4, 0.5) is 26.3 Å². The summed E-state index contributed by atoms with van der Waals surface area (Å²) in [7, 11) is 0. The molecule has 2 aromatic carbocycles. The summed E-state index contributed by atoms with van der Waals surface area (Å²) >= 11 is 0. The zero-order chi connectivity index (χ0) is 24.9. The molecule has 0 saturated carbocycles. The highest BCUT2D eigenvalue weighted by Gasteiger charge is 2.71. The maximum atomic E-state index is 14.1. The van der Waals surface area contributed by atoms with Crippen LogP contribution in [-0.4, -0.2) is 53.8 Å². The van der Waals surface area contributed by atoms with Gasteiger partial charge < -0.3 is 19.7 Å². The van der Waals surface area contributed by atoms with Crippen molar-refractivity contribution in [3.05, 3.63) is 48.0 Å². The van der Waals surface area contributed by atoms with E-state index in [1.807, 2.05) is 0 Å². The third-order valence-corrected chi connectivity index (χ3v) is 4.66. The summed E-state index contributed by atoms with van der Waals surface area (Å²) in [4.78, 5) is 11.5. The van der Waals surface area contributed by atoms with Gasteiger partial charge in [0.05, 0.1) is 5.56 Å². The van der Waals surface area contributed by atoms with E-state index in [0.29, 0.717) is 12.8 Å². The van der Waals surface area contributed by atoms with Crippen LogP contribution < -0.4 is 4.74 Å². The lowest BCUT2D eigenvalue weighted by atomic mass is 9.99. The lowest BCUT2D eigenvalue weighted by Gasteiger charge is -2.32. The summed E-state index contributed by atoms with van der Waals surface area (Å²) in [5, 5.41) is 18.7. The number of phenols is 1. The quantitative estimate of drug-likeness (QED) is 0.294. The highest BCUT2D eigenvalue weighted by atomic mass is 19.3. The van der Waals surface area contributed by atoms with Crippen molar-refractivity contribution in [3.63, 3.8) is 0 Å². The first kappa shape index (κ1) is 26.3. The molecule has 0 aliphatic heterocycles. The molecule has 5 nitrogen and oxygen atoms in total. The van der Waals surface area contributed by atoms with Crippen LogP contribution in [0.3, 0.4) is 0 Å². The Morgan fingerprint density at radius 1 is 0.939 bits per heavy atom. The number of carboxylic acids is 1. The molecule has 0 amide bonds. The molecule has 0 radical (unpaired) electrons. The Bertz CT molecular complexity index is 947. The van der Waals surface area contributed by atoms with Gasteiger partial charge >= 0.3 is 23.7 Å². The van der Waals surface area contributed by atoms with Crippen LogP contribution in [0.2, 0.25) is 0 Å². The van der Waals surface area contributed by atoms with Gasteiger partial charge in [-0.3, -0.25) is 0 Å². The molecule has 0 aliphatic rings. The van der Waals surface area contributed by atoms with Gasteiger partial charge in [-0.25, -0.2) is 4.79 Å². The average Bonchev–Trinajstić information content (AvgIpc) is 2.75. The largest absolute Gasteiger partial charge is 0.508 e. The van der Waals surface area contributed by atoms with Crippen LogP contribution in [0, 0.1) is 0 Å². The number of carboxylic acid groups (broad SMARTS) is 1. The molecular weight excluding hydrogens is 458 g/mol. The number of carbonyl (C=O) groups is 1. The number of unbranched alkanes of at least 4 members (excludes halogenated alkanes) is 1. The minimum atomic E-state index is -5.77. The maximum Gasteiger partial charge on any atom is 0.377 e. The molecule has 0 bridgehead atoms. The maximum absolute atomic E-state index is 14.1. The van der Waals surface area contributed by atoms with E-state index in [4.69, 9.17) is 0 Å². The number of ether oxygens (including phenoxy) is 2. The SMILES string of the molecule is CCCCOCC(F)(F)C(F)(F)C(F)(F)COc1ccc(C(=O)O)c(-c2ccc(O)cc2)c1. The summed E-state index contributed by atoms with van der Waals surface area (Å²) in [6.45, 7) is -2.54. The van der Waals surface area contributed by atoms with Crippen LogP contribution in [-0.2, 0) is 4.74 Å². The van der Waals surface area contributed by atoms with Crippen LogP contribution >= 0.6 is 0 Å². The molecule has 0 aromatic heterocycles. The Kier molecular flexibility index (Phi) is 8.23. The lowest BCUT2D eigenvalue weighted by molar-refractivity contribution is -0.324. The third kappa shape index (κ3) is 6.10. The molecule has 0 spiro atoms. The van der Waals surface area contributed by atoms with Crippen molar-refractivity contribution in [2.75, 3.05) is 19.8 Å². The zero-order valence-corrected chi connectivity index (χ0v) is 17.5. The van der Waals surface area contributed by atoms with Crippen molar-refractivity contribution >= 4 is 5.97 Å². The third-order valence-electron chi connectivity index (χ3n) is 4.66. The number of aromatic hydroxyl groups is 1. The van der Waals surface area contributed by atoms with E-state index in [9.17, 15) is 41.4 Å². The van der Waals surface area contributed by atoms with E-state index < -0.39 is 42.7 Å². The van der Waals surface area contributed by atoms with E-state index in [1.165, 1.54) is 24.3 Å². The van der Waals surface area contributed by atoms with Crippen molar-refractivity contribution in [1.82, 2.24) is 0 Å². The molecule has 33 heavy (non-hydrogen) atoms. The van der Waals surface area contributed by atoms with Crippen molar-refractivity contribution < 1.29 is 50.8 Å². The number of halogens is 6. The monoisotopic (exact) mass is 480 g/mol. The van der Waals surface area contributed by atoms with E-state index >= 15 is 0 Å². The fourth-order valence-electron chi connectivity index (χ4n) is 2.75. The summed E-state index contributed by atoms with van der Waals surface area (Å²) < 4.78 is 92.9. The Balaban J connectivity index is 2.22. The van der Waals surface area contributed by atoms with Gasteiger partial charge in [-0.2, -0.15) is 26.3 Å². The number of hydrogen-bond acceptors (Lipinski definition) is 4. The molecule has 2 rings (SSSR count). The zero-order valence-electron chi connectivity index (χ0n) is 17.5. The van der Waals surface area contributed by atoms with Gasteiger partial charge in [0.25, 0.3) is 0 Å². The first-order valence-electron chi connectivity index (χ1n) is 9.83. The second kappa shape index (κ2) is 10.3. The Hall–Kier alpha value is -2.95. The predicted octanol–water partition coefficient (Wildman–Crippen LogP) is 5.86. The van der Waals surface area contributed by atoms with Gasteiger partial charge in [0.2, 0.25) is 0 Å². The summed E-state index contributed by atoms with van der Waals surface area (Å²) in [6, 6.07) is 8.09. The molecule has 0 unspecified atom stereocenters. The minimum Gasteiger partial charge on any atom is -0.508 e. The van der Waals surface area contributed by atoms with Gasteiger partial charge in [0.15, 0.2) is 6.61 Å². The molecule has 2 aromatic rings. The number of alkyl halides is 6. The summed E-state index contributed by atoms with van der Waals surface area (Å²) in [5.41, 5.74) is -0.0332. The Labute approximate surface area is 185 Å². The minimum absolute atomic E-state index is 0.0234. The topological polar surface area (TPSA) is 76.0 Å². The van der Waals surface area contributed by atoms with Crippen molar-refractivity contribution in [2.45, 2.75) is 37.5 Å². The van der Waals surface area contributed by atoms with Crippen molar-refractivity contribution in [1.29, 1.82) is 0 Å². The standard InChI is InChI=1S/C22H22F6O5/c1-2-3-10-32-12-20(23,24)22(27,28)21(25,26)13-33-16-8-9-17(19(30)31)18(11-16)14-4-6-15(29)7-5-14/h4-9,11,29H,2-3,10,12-13H2,1H3,(H,30,31). The van der Waals surface area contributed by atoms with Gasteiger partial charge in [-0.1, -0.05) is 25.5 Å². The van der Waals surface area contributed by atoms with Crippen LogP contribution in [0.5, 0.6) is 11.5 Å². The molecule has 182 valence electrons. The normalized spacial score (nSPS) is 12.6. The molecule has 0 saturated heterocycles. The van der Waals surface area contributed by atoms with E-state index in [-0.39, 0.29) is 29.0 Å². The number of benzene rings is 2. The van der Waals surface area contributed by atoms with Crippen molar-refractivity contribution in [2.24, 2.45) is 0 Å². The summed E-state index contributed by atoms with van der Waals surface area (Å²) in [5.74, 6) is -18.1. The molecule has 2 N–H and O–H groups in total. The van der Waals surface area contributed by atoms with Crippen LogP contribution in [0.15, 0.2) is 42.5 Å². The van der Waals surface area contributed by atoms with Crippen LogP contribution in [0.1, 0.15) is 30.1 Å². The average molecular weight is 480 g/mol.